The van der Waals surface area contributed by atoms with Gasteiger partial charge in [0, 0.05) is 22.6 Å². The predicted octanol–water partition coefficient (Wildman–Crippen LogP) is 3.11. The van der Waals surface area contributed by atoms with E-state index in [9.17, 15) is 0 Å². The van der Waals surface area contributed by atoms with E-state index in [2.05, 4.69) is 22.3 Å². The molecular weight excluding hydrogens is 208 g/mol. The van der Waals surface area contributed by atoms with Crippen LogP contribution < -0.4 is 0 Å². The monoisotopic (exact) mass is 220 g/mol. The molecule has 3 heteroatoms. The Morgan fingerprint density at radius 2 is 1.87 bits per heavy atom. The average molecular weight is 221 g/mol. The molecule has 0 aliphatic rings. The number of hydrogen-bond donors (Lipinski definition) is 0. The van der Waals surface area contributed by atoms with Crippen LogP contribution in [-0.2, 0) is 6.42 Å². The van der Waals surface area contributed by atoms with Gasteiger partial charge < -0.3 is 0 Å². The highest BCUT2D eigenvalue weighted by Gasteiger charge is 2.08. The van der Waals surface area contributed by atoms with Gasteiger partial charge in [-0.25, -0.2) is 0 Å². The smallest absolute Gasteiger partial charge is 0.0724 e. The zero-order valence-electron chi connectivity index (χ0n) is 8.87. The standard InChI is InChI=1S/C12H13ClN2/c1-8(13)7-12-11-6-4-3-5-10(11)9(2)14-15-12/h3-6,8H,7H2,1-2H3. The van der Waals surface area contributed by atoms with E-state index in [-0.39, 0.29) is 5.38 Å². The van der Waals surface area contributed by atoms with Crippen molar-refractivity contribution in [3.63, 3.8) is 0 Å². The average Bonchev–Trinajstić information content (AvgIpc) is 2.22. The fraction of sp³-hybridized carbons (Fsp3) is 0.333. The van der Waals surface area contributed by atoms with Crippen molar-refractivity contribution in [2.24, 2.45) is 0 Å². The van der Waals surface area contributed by atoms with Crippen LogP contribution in [0.15, 0.2) is 24.3 Å². The van der Waals surface area contributed by atoms with Crippen molar-refractivity contribution in [3.8, 4) is 0 Å². The highest BCUT2D eigenvalue weighted by molar-refractivity contribution is 6.20. The summed E-state index contributed by atoms with van der Waals surface area (Å²) in [4.78, 5) is 0. The Kier molecular flexibility index (Phi) is 2.87. The molecule has 0 bridgehead atoms. The van der Waals surface area contributed by atoms with Crippen molar-refractivity contribution < 1.29 is 0 Å². The highest BCUT2D eigenvalue weighted by atomic mass is 35.5. The van der Waals surface area contributed by atoms with E-state index in [1.807, 2.05) is 26.0 Å². The lowest BCUT2D eigenvalue weighted by molar-refractivity contribution is 0.849. The van der Waals surface area contributed by atoms with Gasteiger partial charge in [0.05, 0.1) is 11.4 Å². The van der Waals surface area contributed by atoms with Crippen molar-refractivity contribution in [3.05, 3.63) is 35.7 Å². The van der Waals surface area contributed by atoms with Gasteiger partial charge in [0.2, 0.25) is 0 Å². The molecule has 15 heavy (non-hydrogen) atoms. The van der Waals surface area contributed by atoms with Crippen molar-refractivity contribution in [1.82, 2.24) is 10.2 Å². The number of aryl methyl sites for hydroxylation is 1. The van der Waals surface area contributed by atoms with Crippen LogP contribution in [0.4, 0.5) is 0 Å². The Balaban J connectivity index is 2.61. The molecule has 1 aromatic heterocycles. The summed E-state index contributed by atoms with van der Waals surface area (Å²) in [6.45, 7) is 3.95. The maximum Gasteiger partial charge on any atom is 0.0724 e. The predicted molar refractivity (Wildman–Crippen MR) is 63.3 cm³/mol. The van der Waals surface area contributed by atoms with E-state index >= 15 is 0 Å². The normalized spacial score (nSPS) is 13.0. The quantitative estimate of drug-likeness (QED) is 0.727. The number of hydrogen-bond acceptors (Lipinski definition) is 2. The van der Waals surface area contributed by atoms with E-state index in [1.165, 1.54) is 5.39 Å². The van der Waals surface area contributed by atoms with Gasteiger partial charge in [0.25, 0.3) is 0 Å². The summed E-state index contributed by atoms with van der Waals surface area (Å²) in [5, 5.41) is 10.8. The lowest BCUT2D eigenvalue weighted by atomic mass is 10.1. The Bertz CT molecular complexity index is 480. The molecule has 0 N–H and O–H groups in total. The van der Waals surface area contributed by atoms with Crippen molar-refractivity contribution in [2.45, 2.75) is 25.6 Å². The molecule has 0 spiro atoms. The molecule has 0 aliphatic carbocycles. The van der Waals surface area contributed by atoms with Crippen molar-refractivity contribution in [1.29, 1.82) is 0 Å². The van der Waals surface area contributed by atoms with Crippen molar-refractivity contribution >= 4 is 22.4 Å². The molecule has 78 valence electrons. The minimum atomic E-state index is 0.0883. The minimum absolute atomic E-state index is 0.0883. The summed E-state index contributed by atoms with van der Waals surface area (Å²) < 4.78 is 0. The summed E-state index contributed by atoms with van der Waals surface area (Å²) in [5.74, 6) is 0. The highest BCUT2D eigenvalue weighted by Crippen LogP contribution is 2.20. The third-order valence-corrected chi connectivity index (χ3v) is 2.58. The Hall–Kier alpha value is -1.15. The topological polar surface area (TPSA) is 25.8 Å². The van der Waals surface area contributed by atoms with E-state index < -0.39 is 0 Å². The van der Waals surface area contributed by atoms with Crippen LogP contribution in [0, 0.1) is 6.92 Å². The number of alkyl halides is 1. The third-order valence-electron chi connectivity index (χ3n) is 2.42. The zero-order valence-corrected chi connectivity index (χ0v) is 9.62. The lowest BCUT2D eigenvalue weighted by Gasteiger charge is -2.07. The largest absolute Gasteiger partial charge is 0.155 e. The molecule has 1 aromatic carbocycles. The molecule has 2 rings (SSSR count). The second-order valence-corrected chi connectivity index (χ2v) is 4.51. The first-order valence-electron chi connectivity index (χ1n) is 5.03. The molecule has 1 heterocycles. The first kappa shape index (κ1) is 10.4. The van der Waals surface area contributed by atoms with E-state index in [1.54, 1.807) is 0 Å². The zero-order chi connectivity index (χ0) is 10.8. The van der Waals surface area contributed by atoms with Gasteiger partial charge in [-0.3, -0.25) is 0 Å². The Labute approximate surface area is 94.3 Å². The second kappa shape index (κ2) is 4.15. The van der Waals surface area contributed by atoms with Crippen LogP contribution in [0.1, 0.15) is 18.3 Å². The first-order valence-corrected chi connectivity index (χ1v) is 5.47. The summed E-state index contributed by atoms with van der Waals surface area (Å²) in [6, 6.07) is 8.18. The SMILES string of the molecule is Cc1nnc(CC(C)Cl)c2ccccc12. The van der Waals surface area contributed by atoms with Gasteiger partial charge in [0.1, 0.15) is 0 Å². The van der Waals surface area contributed by atoms with Gasteiger partial charge in [0.15, 0.2) is 0 Å². The number of benzene rings is 1. The van der Waals surface area contributed by atoms with Crippen LogP contribution in [-0.4, -0.2) is 15.6 Å². The maximum atomic E-state index is 5.98. The van der Waals surface area contributed by atoms with E-state index in [0.717, 1.165) is 23.2 Å². The summed E-state index contributed by atoms with van der Waals surface area (Å²) in [7, 11) is 0. The van der Waals surface area contributed by atoms with Crippen LogP contribution in [0.25, 0.3) is 10.8 Å². The molecule has 0 saturated heterocycles. The van der Waals surface area contributed by atoms with E-state index in [4.69, 9.17) is 11.6 Å². The molecule has 1 unspecified atom stereocenters. The number of rotatable bonds is 2. The first-order chi connectivity index (χ1) is 7.18. The van der Waals surface area contributed by atoms with Gasteiger partial charge in [-0.2, -0.15) is 10.2 Å². The Morgan fingerprint density at radius 1 is 1.20 bits per heavy atom. The number of halogens is 1. The van der Waals surface area contributed by atoms with Gasteiger partial charge >= 0.3 is 0 Å². The van der Waals surface area contributed by atoms with Crippen molar-refractivity contribution in [2.75, 3.05) is 0 Å². The lowest BCUT2D eigenvalue weighted by Crippen LogP contribution is -2.03. The molecule has 0 saturated carbocycles. The molecule has 0 amide bonds. The number of nitrogens with zero attached hydrogens (tertiary/aromatic N) is 2. The number of aromatic nitrogens is 2. The fourth-order valence-electron chi connectivity index (χ4n) is 1.71. The summed E-state index contributed by atoms with van der Waals surface area (Å²) >= 11 is 5.98. The van der Waals surface area contributed by atoms with Gasteiger partial charge in [-0.15, -0.1) is 11.6 Å². The molecule has 0 aliphatic heterocycles. The molecule has 1 atom stereocenters. The maximum absolute atomic E-state index is 5.98. The molecule has 0 fully saturated rings. The van der Waals surface area contributed by atoms with Crippen LogP contribution in [0.5, 0.6) is 0 Å². The van der Waals surface area contributed by atoms with Crippen LogP contribution >= 0.6 is 11.6 Å². The number of fused-ring (bicyclic) bond motifs is 1. The molecule has 2 nitrogen and oxygen atoms in total. The summed E-state index contributed by atoms with van der Waals surface area (Å²) in [5.41, 5.74) is 1.95. The third kappa shape index (κ3) is 2.10. The van der Waals surface area contributed by atoms with E-state index in [0.29, 0.717) is 0 Å². The fourth-order valence-corrected chi connectivity index (χ4v) is 1.86. The molecule has 2 aromatic rings. The van der Waals surface area contributed by atoms with Crippen LogP contribution in [0.2, 0.25) is 0 Å². The minimum Gasteiger partial charge on any atom is -0.155 e. The summed E-state index contributed by atoms with van der Waals surface area (Å²) in [6.07, 6.45) is 0.759. The van der Waals surface area contributed by atoms with Gasteiger partial charge in [-0.1, -0.05) is 24.3 Å². The van der Waals surface area contributed by atoms with Gasteiger partial charge in [-0.05, 0) is 13.8 Å². The molecular formula is C12H13ClN2. The molecule has 0 radical (unpaired) electrons. The van der Waals surface area contributed by atoms with Crippen LogP contribution in [0.3, 0.4) is 0 Å². The second-order valence-electron chi connectivity index (χ2n) is 3.76. The Morgan fingerprint density at radius 3 is 2.53 bits per heavy atom.